The maximum atomic E-state index is 13.7. The minimum Gasteiger partial charge on any atom is -0.494 e. The Morgan fingerprint density at radius 3 is 2.71 bits per heavy atom. The first-order valence-electron chi connectivity index (χ1n) is 6.77. The van der Waals surface area contributed by atoms with Crippen LogP contribution in [0.2, 0.25) is 0 Å². The van der Waals surface area contributed by atoms with Crippen molar-refractivity contribution in [2.75, 3.05) is 6.61 Å². The number of halogens is 2. The normalized spacial score (nSPS) is 12.2. The average molecular weight is 292 g/mol. The topological polar surface area (TPSA) is 47.3 Å². The maximum absolute atomic E-state index is 13.7. The highest BCUT2D eigenvalue weighted by molar-refractivity contribution is 5.32. The Morgan fingerprint density at radius 1 is 1.19 bits per heavy atom. The van der Waals surface area contributed by atoms with Crippen molar-refractivity contribution in [3.8, 4) is 5.75 Å². The highest BCUT2D eigenvalue weighted by Crippen LogP contribution is 2.23. The highest BCUT2D eigenvalue weighted by Gasteiger charge is 2.14. The SMILES string of the molecule is CCOc1cccc(C(Cc2cc(F)ccc2F)NN)c1. The molecule has 0 aliphatic rings. The molecule has 0 saturated heterocycles. The van der Waals surface area contributed by atoms with Crippen LogP contribution in [-0.4, -0.2) is 6.61 Å². The molecular formula is C16H18F2N2O. The van der Waals surface area contributed by atoms with Gasteiger partial charge in [0.25, 0.3) is 0 Å². The van der Waals surface area contributed by atoms with E-state index in [0.717, 1.165) is 23.4 Å². The molecule has 5 heteroatoms. The smallest absolute Gasteiger partial charge is 0.126 e. The molecule has 0 bridgehead atoms. The summed E-state index contributed by atoms with van der Waals surface area (Å²) in [5, 5.41) is 0. The fourth-order valence-corrected chi connectivity index (χ4v) is 2.18. The maximum Gasteiger partial charge on any atom is 0.126 e. The van der Waals surface area contributed by atoms with Gasteiger partial charge >= 0.3 is 0 Å². The van der Waals surface area contributed by atoms with Crippen molar-refractivity contribution in [1.29, 1.82) is 0 Å². The van der Waals surface area contributed by atoms with Gasteiger partial charge in [-0.05, 0) is 54.8 Å². The highest BCUT2D eigenvalue weighted by atomic mass is 19.1. The van der Waals surface area contributed by atoms with Crippen LogP contribution in [0.4, 0.5) is 8.78 Å². The zero-order valence-corrected chi connectivity index (χ0v) is 11.8. The lowest BCUT2D eigenvalue weighted by molar-refractivity contribution is 0.339. The van der Waals surface area contributed by atoms with E-state index in [1.54, 1.807) is 0 Å². The molecular weight excluding hydrogens is 274 g/mol. The lowest BCUT2D eigenvalue weighted by Crippen LogP contribution is -2.29. The molecule has 2 rings (SSSR count). The van der Waals surface area contributed by atoms with E-state index in [2.05, 4.69) is 5.43 Å². The van der Waals surface area contributed by atoms with Crippen LogP contribution in [0.15, 0.2) is 42.5 Å². The summed E-state index contributed by atoms with van der Waals surface area (Å²) in [6, 6.07) is 10.5. The fourth-order valence-electron chi connectivity index (χ4n) is 2.18. The second-order valence-electron chi connectivity index (χ2n) is 4.66. The molecule has 3 nitrogen and oxygen atoms in total. The zero-order valence-electron chi connectivity index (χ0n) is 11.8. The third kappa shape index (κ3) is 4.00. The van der Waals surface area contributed by atoms with Crippen LogP contribution in [0.3, 0.4) is 0 Å². The van der Waals surface area contributed by atoms with Gasteiger partial charge in [-0.2, -0.15) is 0 Å². The van der Waals surface area contributed by atoms with E-state index in [1.807, 2.05) is 31.2 Å². The summed E-state index contributed by atoms with van der Waals surface area (Å²) in [6.07, 6.45) is 0.246. The van der Waals surface area contributed by atoms with E-state index in [9.17, 15) is 8.78 Å². The summed E-state index contributed by atoms with van der Waals surface area (Å²) in [6.45, 7) is 2.45. The van der Waals surface area contributed by atoms with E-state index < -0.39 is 11.6 Å². The standard InChI is InChI=1S/C16H18F2N2O/c1-2-21-14-5-3-4-11(9-14)16(20-19)10-12-8-13(17)6-7-15(12)18/h3-9,16,20H,2,10,19H2,1H3. The minimum atomic E-state index is -0.467. The fraction of sp³-hybridized carbons (Fsp3) is 0.250. The van der Waals surface area contributed by atoms with Crippen LogP contribution in [-0.2, 0) is 6.42 Å². The number of benzene rings is 2. The summed E-state index contributed by atoms with van der Waals surface area (Å²) >= 11 is 0. The Balaban J connectivity index is 2.23. The van der Waals surface area contributed by atoms with Gasteiger partial charge in [0, 0.05) is 0 Å². The Morgan fingerprint density at radius 2 is 2.00 bits per heavy atom. The van der Waals surface area contributed by atoms with E-state index in [0.29, 0.717) is 6.61 Å². The molecule has 0 fully saturated rings. The van der Waals surface area contributed by atoms with Crippen molar-refractivity contribution in [2.24, 2.45) is 5.84 Å². The first-order chi connectivity index (χ1) is 10.1. The largest absolute Gasteiger partial charge is 0.494 e. The van der Waals surface area contributed by atoms with Gasteiger partial charge in [0.05, 0.1) is 12.6 Å². The first kappa shape index (κ1) is 15.4. The Bertz CT molecular complexity index is 605. The third-order valence-electron chi connectivity index (χ3n) is 3.20. The van der Waals surface area contributed by atoms with Gasteiger partial charge in [-0.3, -0.25) is 11.3 Å². The van der Waals surface area contributed by atoms with E-state index in [-0.39, 0.29) is 18.0 Å². The van der Waals surface area contributed by atoms with Crippen LogP contribution in [0, 0.1) is 11.6 Å². The monoisotopic (exact) mass is 292 g/mol. The van der Waals surface area contributed by atoms with Gasteiger partial charge < -0.3 is 4.74 Å². The summed E-state index contributed by atoms with van der Waals surface area (Å²) < 4.78 is 32.4. The Kier molecular flexibility index (Phi) is 5.25. The quantitative estimate of drug-likeness (QED) is 0.635. The number of hydrogen-bond acceptors (Lipinski definition) is 3. The van der Waals surface area contributed by atoms with Gasteiger partial charge in [0.1, 0.15) is 17.4 Å². The second-order valence-corrected chi connectivity index (χ2v) is 4.66. The van der Waals surface area contributed by atoms with Gasteiger partial charge in [0.15, 0.2) is 0 Å². The zero-order chi connectivity index (χ0) is 15.2. The second kappa shape index (κ2) is 7.15. The molecule has 0 spiro atoms. The third-order valence-corrected chi connectivity index (χ3v) is 3.20. The number of rotatable bonds is 6. The molecule has 2 aromatic rings. The molecule has 0 aromatic heterocycles. The Labute approximate surface area is 122 Å². The van der Waals surface area contributed by atoms with Crippen LogP contribution in [0.5, 0.6) is 5.75 Å². The van der Waals surface area contributed by atoms with Crippen LogP contribution >= 0.6 is 0 Å². The molecule has 0 amide bonds. The van der Waals surface area contributed by atoms with Gasteiger partial charge in [-0.1, -0.05) is 12.1 Å². The van der Waals surface area contributed by atoms with E-state index in [1.165, 1.54) is 6.07 Å². The van der Waals surface area contributed by atoms with Crippen molar-refractivity contribution < 1.29 is 13.5 Å². The molecule has 0 saturated carbocycles. The lowest BCUT2D eigenvalue weighted by atomic mass is 9.99. The lowest BCUT2D eigenvalue weighted by Gasteiger charge is -2.18. The number of hydrazine groups is 1. The summed E-state index contributed by atoms with van der Waals surface area (Å²) in [4.78, 5) is 0. The predicted octanol–water partition coefficient (Wildman–Crippen LogP) is 3.11. The summed E-state index contributed by atoms with van der Waals surface area (Å²) in [5.41, 5.74) is 3.77. The molecule has 3 N–H and O–H groups in total. The molecule has 0 heterocycles. The van der Waals surface area contributed by atoms with Gasteiger partial charge in [-0.25, -0.2) is 8.78 Å². The van der Waals surface area contributed by atoms with Crippen molar-refractivity contribution in [2.45, 2.75) is 19.4 Å². The predicted molar refractivity (Wildman–Crippen MR) is 77.7 cm³/mol. The van der Waals surface area contributed by atoms with Crippen molar-refractivity contribution in [3.05, 3.63) is 65.2 Å². The molecule has 2 aromatic carbocycles. The minimum absolute atomic E-state index is 0.246. The average Bonchev–Trinajstić information content (AvgIpc) is 2.49. The van der Waals surface area contributed by atoms with E-state index in [4.69, 9.17) is 10.6 Å². The van der Waals surface area contributed by atoms with Crippen molar-refractivity contribution >= 4 is 0 Å². The first-order valence-corrected chi connectivity index (χ1v) is 6.77. The molecule has 1 unspecified atom stereocenters. The number of hydrogen-bond donors (Lipinski definition) is 2. The van der Waals surface area contributed by atoms with Crippen LogP contribution < -0.4 is 16.0 Å². The van der Waals surface area contributed by atoms with Gasteiger partial charge in [0.2, 0.25) is 0 Å². The van der Waals surface area contributed by atoms with Crippen LogP contribution in [0.1, 0.15) is 24.1 Å². The molecule has 0 aliphatic heterocycles. The number of ether oxygens (including phenoxy) is 1. The summed E-state index contributed by atoms with van der Waals surface area (Å²) in [5.74, 6) is 5.36. The Hall–Kier alpha value is -1.98. The summed E-state index contributed by atoms with van der Waals surface area (Å²) in [7, 11) is 0. The van der Waals surface area contributed by atoms with Crippen molar-refractivity contribution in [3.63, 3.8) is 0 Å². The van der Waals surface area contributed by atoms with Gasteiger partial charge in [-0.15, -0.1) is 0 Å². The number of nitrogens with two attached hydrogens (primary N) is 1. The van der Waals surface area contributed by atoms with Crippen LogP contribution in [0.25, 0.3) is 0 Å². The molecule has 21 heavy (non-hydrogen) atoms. The number of nitrogens with one attached hydrogen (secondary N) is 1. The molecule has 1 atom stereocenters. The molecule has 0 aliphatic carbocycles. The molecule has 112 valence electrons. The van der Waals surface area contributed by atoms with Crippen molar-refractivity contribution in [1.82, 2.24) is 5.43 Å². The molecule has 0 radical (unpaired) electrons. The van der Waals surface area contributed by atoms with E-state index >= 15 is 0 Å².